The summed E-state index contributed by atoms with van der Waals surface area (Å²) >= 11 is 0. The lowest BCUT2D eigenvalue weighted by atomic mass is 10.5. The molecule has 2 rings (SSSR count). The lowest BCUT2D eigenvalue weighted by Crippen LogP contribution is -2.65. The maximum Gasteiger partial charge on any atom is 0.242 e. The maximum atomic E-state index is 2.00. The summed E-state index contributed by atoms with van der Waals surface area (Å²) < 4.78 is 4.00. The molecule has 0 N–H and O–H groups in total. The molecule has 0 saturated heterocycles. The summed E-state index contributed by atoms with van der Waals surface area (Å²) in [5.74, 6) is 0. The van der Waals surface area contributed by atoms with Gasteiger partial charge in [-0.25, -0.2) is 0 Å². The van der Waals surface area contributed by atoms with Crippen molar-refractivity contribution in [1.29, 1.82) is 0 Å². The van der Waals surface area contributed by atoms with Crippen LogP contribution in [0.4, 0.5) is 0 Å². The third kappa shape index (κ3) is 10.0. The molecule has 2 heterocycles. The Morgan fingerprint density at radius 1 is 0.333 bits per heavy atom. The summed E-state index contributed by atoms with van der Waals surface area (Å²) in [4.78, 5) is 0. The molecular weight excluding hydrogens is 628 g/mol. The number of pyridine rings is 2. The van der Waals surface area contributed by atoms with Gasteiger partial charge in [0.05, 0.1) is 9.35 Å². The van der Waals surface area contributed by atoms with E-state index in [4.69, 9.17) is 0 Å². The van der Waals surface area contributed by atoms with E-state index in [2.05, 4.69) is 0 Å². The van der Waals surface area contributed by atoms with E-state index in [1.165, 1.54) is 0 Å². The Morgan fingerprint density at radius 2 is 0.556 bits per heavy atom. The largest absolute Gasteiger partial charge is 0.242 e. The zero-order valence-electron chi connectivity index (χ0n) is 9.12. The summed E-state index contributed by atoms with van der Waals surface area (Å²) in [6, 6.07) is 12.0. The number of nitrogens with zero attached hydrogens (tertiary/aromatic N) is 2. The second-order valence-corrected chi connectivity index (χ2v) is 2.51. The molecule has 0 aliphatic heterocycles. The van der Waals surface area contributed by atoms with Crippen LogP contribution in [0.25, 0.3) is 0 Å². The van der Waals surface area contributed by atoms with Gasteiger partial charge in [0.15, 0.2) is 0 Å². The Morgan fingerprint density at radius 3 is 0.778 bits per heavy atom. The van der Waals surface area contributed by atoms with Gasteiger partial charge in [-0.3, -0.25) is 0 Å². The molecule has 2 nitrogen and oxygen atoms in total. The summed E-state index contributed by atoms with van der Waals surface area (Å²) in [7, 11) is 0. The third-order valence-corrected chi connectivity index (χ3v) is 1.67. The van der Waals surface area contributed by atoms with E-state index in [-0.39, 0.29) is 102 Å². The zero-order chi connectivity index (χ0) is 8.23. The van der Waals surface area contributed by atoms with Crippen molar-refractivity contribution in [3.8, 4) is 0 Å². The second kappa shape index (κ2) is 18.2. The highest BCUT2D eigenvalue weighted by atomic mass is 79.9. The monoisotopic (exact) mass is 638 g/mol. The third-order valence-electron chi connectivity index (χ3n) is 1.67. The molecule has 0 bridgehead atoms. The van der Waals surface area contributed by atoms with Crippen molar-refractivity contribution in [2.75, 3.05) is 0 Å². The Hall–Kier alpha value is 1.18. The van der Waals surface area contributed by atoms with Crippen LogP contribution in [0.15, 0.2) is 61.2 Å². The Kier molecular flexibility index (Phi) is 31.8. The molecule has 0 spiro atoms. The predicted molar refractivity (Wildman–Crippen MR) is 106 cm³/mol. The molecule has 0 atom stereocenters. The van der Waals surface area contributed by atoms with E-state index in [1.54, 1.807) is 0 Å². The van der Waals surface area contributed by atoms with Crippen molar-refractivity contribution in [3.05, 3.63) is 61.2 Å². The van der Waals surface area contributed by atoms with Gasteiger partial charge in [-0.15, -0.1) is 102 Å². The normalized spacial score (nSPS) is 6.44. The Bertz CT molecular complexity index is 322. The van der Waals surface area contributed by atoms with E-state index < -0.39 is 0 Å². The fraction of sp³-hybridized carbons (Fsp3) is 0. The predicted octanol–water partition coefficient (Wildman–Crippen LogP) is 4.04. The maximum absolute atomic E-state index is 2.00. The van der Waals surface area contributed by atoms with Crippen molar-refractivity contribution in [2.24, 2.45) is 0 Å². The molecule has 2 aromatic heterocycles. The van der Waals surface area contributed by atoms with Gasteiger partial charge in [0.2, 0.25) is 24.8 Å². The van der Waals surface area contributed by atoms with Gasteiger partial charge in [0.25, 0.3) is 0 Å². The molecule has 0 unspecified atom stereocenters. The van der Waals surface area contributed by atoms with Crippen LogP contribution >= 0.6 is 102 Å². The SMILES string of the molecule is Br.Br.Br.Br.Br.Br.c1cc[n+](-[n+]2ccccc2)cc1. The standard InChI is InChI=1S/C10H10N2.6BrH/c1-3-7-11(8-4-1)12-9-5-2-6-10-12;;;;;;/h1-10H;6*1H/q+2;;;;;;. The quantitative estimate of drug-likeness (QED) is 0.415. The lowest BCUT2D eigenvalue weighted by molar-refractivity contribution is -1.30. The van der Waals surface area contributed by atoms with E-state index in [0.29, 0.717) is 0 Å². The number of hydrogen-bond donors (Lipinski definition) is 0. The molecule has 0 radical (unpaired) electrons. The number of rotatable bonds is 1. The van der Waals surface area contributed by atoms with E-state index in [0.717, 1.165) is 0 Å². The summed E-state index contributed by atoms with van der Waals surface area (Å²) in [6.07, 6.45) is 8.00. The van der Waals surface area contributed by atoms with Crippen LogP contribution in [0.1, 0.15) is 0 Å². The molecule has 0 saturated carbocycles. The van der Waals surface area contributed by atoms with Crippen LogP contribution in [0.3, 0.4) is 0 Å². The number of halogens is 6. The minimum Gasteiger partial charge on any atom is -0.114 e. The first-order valence-corrected chi connectivity index (χ1v) is 3.90. The highest BCUT2D eigenvalue weighted by Crippen LogP contribution is 1.76. The molecule has 18 heavy (non-hydrogen) atoms. The highest BCUT2D eigenvalue weighted by Gasteiger charge is 2.06. The molecule has 0 aliphatic rings. The van der Waals surface area contributed by atoms with Crippen LogP contribution in [-0.2, 0) is 0 Å². The van der Waals surface area contributed by atoms with E-state index in [9.17, 15) is 0 Å². The van der Waals surface area contributed by atoms with Gasteiger partial charge in [-0.1, -0.05) is 0 Å². The van der Waals surface area contributed by atoms with Crippen molar-refractivity contribution < 1.29 is 9.35 Å². The lowest BCUT2D eigenvalue weighted by Gasteiger charge is -1.84. The van der Waals surface area contributed by atoms with Crippen molar-refractivity contribution in [1.82, 2.24) is 0 Å². The van der Waals surface area contributed by atoms with Gasteiger partial charge in [0.1, 0.15) is 0 Å². The van der Waals surface area contributed by atoms with Gasteiger partial charge in [0, 0.05) is 24.3 Å². The van der Waals surface area contributed by atoms with Crippen LogP contribution in [-0.4, -0.2) is 0 Å². The Balaban J connectivity index is -0.0000000939. The first-order valence-electron chi connectivity index (χ1n) is 3.90. The minimum atomic E-state index is 0. The van der Waals surface area contributed by atoms with Crippen molar-refractivity contribution >= 4 is 102 Å². The van der Waals surface area contributed by atoms with Crippen LogP contribution in [0.2, 0.25) is 0 Å². The Labute approximate surface area is 170 Å². The topological polar surface area (TPSA) is 7.76 Å². The number of hydrogen-bond acceptors (Lipinski definition) is 0. The molecule has 0 aliphatic carbocycles. The van der Waals surface area contributed by atoms with E-state index in [1.807, 2.05) is 70.5 Å². The first kappa shape index (κ1) is 31.5. The highest BCUT2D eigenvalue weighted by molar-refractivity contribution is 8.93. The van der Waals surface area contributed by atoms with Crippen LogP contribution < -0.4 is 9.35 Å². The molecule has 0 amide bonds. The smallest absolute Gasteiger partial charge is 0.114 e. The second-order valence-electron chi connectivity index (χ2n) is 2.51. The van der Waals surface area contributed by atoms with Crippen molar-refractivity contribution in [2.45, 2.75) is 0 Å². The average molecular weight is 644 g/mol. The molecule has 106 valence electrons. The van der Waals surface area contributed by atoms with Crippen LogP contribution in [0, 0.1) is 0 Å². The molecule has 8 heteroatoms. The summed E-state index contributed by atoms with van der Waals surface area (Å²) in [5.41, 5.74) is 0. The van der Waals surface area contributed by atoms with Crippen molar-refractivity contribution in [3.63, 3.8) is 0 Å². The molecular formula is C10H16Br6N2+2. The average Bonchev–Trinajstić information content (AvgIpc) is 2.21. The molecule has 2 aromatic rings. The fourth-order valence-electron chi connectivity index (χ4n) is 1.09. The van der Waals surface area contributed by atoms with Gasteiger partial charge in [-0.05, 0) is 12.1 Å². The zero-order valence-corrected chi connectivity index (χ0v) is 19.4. The summed E-state index contributed by atoms with van der Waals surface area (Å²) in [5, 5.41) is 0. The number of aromatic nitrogens is 2. The minimum absolute atomic E-state index is 0. The first-order chi connectivity index (χ1) is 5.97. The van der Waals surface area contributed by atoms with Gasteiger partial charge < -0.3 is 0 Å². The van der Waals surface area contributed by atoms with E-state index >= 15 is 0 Å². The van der Waals surface area contributed by atoms with Crippen LogP contribution in [0.5, 0.6) is 0 Å². The fourth-order valence-corrected chi connectivity index (χ4v) is 1.09. The summed E-state index contributed by atoms with van der Waals surface area (Å²) in [6.45, 7) is 0. The molecule has 0 aromatic carbocycles. The van der Waals surface area contributed by atoms with Gasteiger partial charge >= 0.3 is 0 Å². The van der Waals surface area contributed by atoms with Gasteiger partial charge in [-0.2, -0.15) is 0 Å². The molecule has 0 fully saturated rings.